The van der Waals surface area contributed by atoms with Crippen molar-refractivity contribution in [2.45, 2.75) is 19.4 Å². The van der Waals surface area contributed by atoms with Gasteiger partial charge in [-0.25, -0.2) is 4.98 Å². The number of thiazole rings is 1. The lowest BCUT2D eigenvalue weighted by atomic mass is 10.0. The van der Waals surface area contributed by atoms with Crippen molar-refractivity contribution in [2.75, 3.05) is 7.05 Å². The van der Waals surface area contributed by atoms with E-state index in [1.54, 1.807) is 23.7 Å². The Hall–Kier alpha value is -0.970. The summed E-state index contributed by atoms with van der Waals surface area (Å²) in [5.41, 5.74) is 2.16. The Morgan fingerprint density at radius 1 is 1.53 bits per heavy atom. The Labute approximate surface area is 110 Å². The number of likely N-dealkylation sites (N-methyl/N-ethyl adjacent to an activating group) is 1. The molecule has 0 fully saturated rings. The van der Waals surface area contributed by atoms with Crippen LogP contribution < -0.4 is 5.32 Å². The molecule has 0 bridgehead atoms. The van der Waals surface area contributed by atoms with Crippen molar-refractivity contribution in [3.63, 3.8) is 0 Å². The van der Waals surface area contributed by atoms with Gasteiger partial charge in [-0.15, -0.1) is 11.3 Å². The minimum Gasteiger partial charge on any atom is -0.313 e. The van der Waals surface area contributed by atoms with Gasteiger partial charge in [0.2, 0.25) is 0 Å². The normalized spacial score (nSPS) is 12.6. The van der Waals surface area contributed by atoms with Gasteiger partial charge in [0.15, 0.2) is 0 Å². The Morgan fingerprint density at radius 3 is 2.94 bits per heavy atom. The van der Waals surface area contributed by atoms with Gasteiger partial charge in [0, 0.05) is 30.2 Å². The van der Waals surface area contributed by atoms with Crippen LogP contribution in [0.1, 0.15) is 22.3 Å². The molecule has 1 N–H and O–H groups in total. The number of hydrogen-bond acceptors (Lipinski definition) is 4. The highest BCUT2D eigenvalue weighted by Gasteiger charge is 2.14. The van der Waals surface area contributed by atoms with E-state index in [9.17, 15) is 0 Å². The molecule has 3 nitrogen and oxygen atoms in total. The summed E-state index contributed by atoms with van der Waals surface area (Å²) in [6.07, 6.45) is 4.27. The van der Waals surface area contributed by atoms with Crippen LogP contribution in [-0.4, -0.2) is 17.0 Å². The molecule has 0 amide bonds. The van der Waals surface area contributed by atoms with Crippen LogP contribution in [0, 0.1) is 6.92 Å². The summed E-state index contributed by atoms with van der Waals surface area (Å²) in [4.78, 5) is 8.47. The average molecular weight is 268 g/mol. The first kappa shape index (κ1) is 12.5. The number of rotatable bonds is 4. The number of aryl methyl sites for hydroxylation is 1. The van der Waals surface area contributed by atoms with E-state index < -0.39 is 0 Å². The SMILES string of the molecule is CNC(Cc1csc(C)n1)c1ccncc1Cl. The molecule has 0 aromatic carbocycles. The van der Waals surface area contributed by atoms with Gasteiger partial charge in [0.25, 0.3) is 0 Å². The molecule has 2 heterocycles. The summed E-state index contributed by atoms with van der Waals surface area (Å²) in [5, 5.41) is 7.15. The Morgan fingerprint density at radius 2 is 2.35 bits per heavy atom. The maximum atomic E-state index is 6.15. The van der Waals surface area contributed by atoms with Crippen molar-refractivity contribution in [2.24, 2.45) is 0 Å². The molecule has 0 saturated carbocycles. The quantitative estimate of drug-likeness (QED) is 0.925. The smallest absolute Gasteiger partial charge is 0.0897 e. The molecule has 0 saturated heterocycles. The fraction of sp³-hybridized carbons (Fsp3) is 0.333. The summed E-state index contributed by atoms with van der Waals surface area (Å²) in [7, 11) is 1.93. The van der Waals surface area contributed by atoms with Crippen LogP contribution in [0.25, 0.3) is 0 Å². The van der Waals surface area contributed by atoms with Crippen LogP contribution >= 0.6 is 22.9 Å². The van der Waals surface area contributed by atoms with Gasteiger partial charge >= 0.3 is 0 Å². The van der Waals surface area contributed by atoms with Crippen molar-refractivity contribution in [1.82, 2.24) is 15.3 Å². The zero-order chi connectivity index (χ0) is 12.3. The van der Waals surface area contributed by atoms with Crippen molar-refractivity contribution in [3.8, 4) is 0 Å². The average Bonchev–Trinajstić information content (AvgIpc) is 2.73. The number of halogens is 1. The highest BCUT2D eigenvalue weighted by molar-refractivity contribution is 7.09. The topological polar surface area (TPSA) is 37.8 Å². The summed E-state index contributed by atoms with van der Waals surface area (Å²) in [6.45, 7) is 2.02. The number of nitrogens with zero attached hydrogens (tertiary/aromatic N) is 2. The van der Waals surface area contributed by atoms with Gasteiger partial charge in [0.1, 0.15) is 0 Å². The Kier molecular flexibility index (Phi) is 4.10. The predicted octanol–water partition coefficient (Wildman–Crippen LogP) is 3.00. The van der Waals surface area contributed by atoms with Crippen LogP contribution in [0.2, 0.25) is 5.02 Å². The fourth-order valence-electron chi connectivity index (χ4n) is 1.75. The van der Waals surface area contributed by atoms with Crippen molar-refractivity contribution < 1.29 is 0 Å². The molecule has 2 aromatic heterocycles. The molecule has 2 aromatic rings. The third-order valence-electron chi connectivity index (χ3n) is 2.61. The predicted molar refractivity (Wildman–Crippen MR) is 71.6 cm³/mol. The zero-order valence-corrected chi connectivity index (χ0v) is 11.3. The van der Waals surface area contributed by atoms with E-state index in [-0.39, 0.29) is 6.04 Å². The van der Waals surface area contributed by atoms with E-state index >= 15 is 0 Å². The molecule has 90 valence electrons. The minimum absolute atomic E-state index is 0.173. The first-order valence-electron chi connectivity index (χ1n) is 5.38. The van der Waals surface area contributed by atoms with Gasteiger partial charge in [-0.05, 0) is 25.6 Å². The van der Waals surface area contributed by atoms with E-state index in [0.29, 0.717) is 5.02 Å². The molecule has 0 aliphatic rings. The first-order chi connectivity index (χ1) is 8.20. The van der Waals surface area contributed by atoms with Crippen LogP contribution in [0.4, 0.5) is 0 Å². The maximum Gasteiger partial charge on any atom is 0.0897 e. The highest BCUT2D eigenvalue weighted by Crippen LogP contribution is 2.24. The van der Waals surface area contributed by atoms with E-state index in [1.807, 2.05) is 20.0 Å². The lowest BCUT2D eigenvalue weighted by Gasteiger charge is -2.16. The van der Waals surface area contributed by atoms with Crippen LogP contribution in [0.5, 0.6) is 0 Å². The summed E-state index contributed by atoms with van der Waals surface area (Å²) < 4.78 is 0. The Bertz CT molecular complexity index is 498. The van der Waals surface area contributed by atoms with Gasteiger partial charge in [0.05, 0.1) is 15.7 Å². The van der Waals surface area contributed by atoms with E-state index in [0.717, 1.165) is 22.7 Å². The van der Waals surface area contributed by atoms with Crippen molar-refractivity contribution in [3.05, 3.63) is 45.1 Å². The molecule has 0 spiro atoms. The molecular weight excluding hydrogens is 254 g/mol. The van der Waals surface area contributed by atoms with Crippen molar-refractivity contribution in [1.29, 1.82) is 0 Å². The lowest BCUT2D eigenvalue weighted by Crippen LogP contribution is -2.19. The number of nitrogens with one attached hydrogen (secondary N) is 1. The fourth-order valence-corrected chi connectivity index (χ4v) is 2.62. The highest BCUT2D eigenvalue weighted by atomic mass is 35.5. The molecule has 17 heavy (non-hydrogen) atoms. The number of aromatic nitrogens is 2. The van der Waals surface area contributed by atoms with Gasteiger partial charge in [-0.3, -0.25) is 4.98 Å². The van der Waals surface area contributed by atoms with E-state index in [4.69, 9.17) is 11.6 Å². The molecule has 5 heteroatoms. The van der Waals surface area contributed by atoms with Crippen LogP contribution in [0.15, 0.2) is 23.8 Å². The van der Waals surface area contributed by atoms with E-state index in [1.165, 1.54) is 0 Å². The Balaban J connectivity index is 2.20. The first-order valence-corrected chi connectivity index (χ1v) is 6.64. The second kappa shape index (κ2) is 5.58. The monoisotopic (exact) mass is 267 g/mol. The summed E-state index contributed by atoms with van der Waals surface area (Å²) >= 11 is 7.82. The van der Waals surface area contributed by atoms with Gasteiger partial charge in [-0.2, -0.15) is 0 Å². The largest absolute Gasteiger partial charge is 0.313 e. The molecular formula is C12H14ClN3S. The number of hydrogen-bond donors (Lipinski definition) is 1. The maximum absolute atomic E-state index is 6.15. The second-order valence-electron chi connectivity index (χ2n) is 3.80. The zero-order valence-electron chi connectivity index (χ0n) is 9.77. The lowest BCUT2D eigenvalue weighted by molar-refractivity contribution is 0.585. The molecule has 2 rings (SSSR count). The van der Waals surface area contributed by atoms with Crippen molar-refractivity contribution >= 4 is 22.9 Å². The van der Waals surface area contributed by atoms with E-state index in [2.05, 4.69) is 20.7 Å². The molecule has 0 radical (unpaired) electrons. The van der Waals surface area contributed by atoms with Gasteiger partial charge < -0.3 is 5.32 Å². The standard InChI is InChI=1S/C12H14ClN3S/c1-8-16-9(7-17-8)5-12(14-2)10-3-4-15-6-11(10)13/h3-4,6-7,12,14H,5H2,1-2H3. The van der Waals surface area contributed by atoms with Gasteiger partial charge in [-0.1, -0.05) is 11.6 Å². The van der Waals surface area contributed by atoms with Crippen LogP contribution in [-0.2, 0) is 6.42 Å². The third-order valence-corrected chi connectivity index (χ3v) is 3.75. The molecule has 1 unspecified atom stereocenters. The number of pyridine rings is 1. The summed E-state index contributed by atoms with van der Waals surface area (Å²) in [5.74, 6) is 0. The second-order valence-corrected chi connectivity index (χ2v) is 5.27. The molecule has 0 aliphatic carbocycles. The van der Waals surface area contributed by atoms with Crippen LogP contribution in [0.3, 0.4) is 0 Å². The molecule has 0 aliphatic heterocycles. The summed E-state index contributed by atoms with van der Waals surface area (Å²) in [6, 6.07) is 2.12. The molecule has 1 atom stereocenters. The third kappa shape index (κ3) is 3.03. The minimum atomic E-state index is 0.173.